The van der Waals surface area contributed by atoms with E-state index in [-0.39, 0.29) is 12.3 Å². The van der Waals surface area contributed by atoms with Crippen LogP contribution in [0.5, 0.6) is 0 Å². The molecule has 1 aromatic carbocycles. The maximum absolute atomic E-state index is 10.5. The van der Waals surface area contributed by atoms with Gasteiger partial charge in [0.1, 0.15) is 0 Å². The fourth-order valence-corrected chi connectivity index (χ4v) is 1.79. The second kappa shape index (κ2) is 4.82. The zero-order valence-corrected chi connectivity index (χ0v) is 9.05. The monoisotopic (exact) mass is 214 g/mol. The quantitative estimate of drug-likeness (QED) is 0.671. The number of nitrogens with two attached hydrogens (primary N) is 1. The first kappa shape index (κ1) is 10.7. The predicted octanol–water partition coefficient (Wildman–Crippen LogP) is 0.559. The van der Waals surface area contributed by atoms with Crippen molar-refractivity contribution in [2.24, 2.45) is 5.73 Å². The molecule has 3 heteroatoms. The van der Waals surface area contributed by atoms with Crippen molar-refractivity contribution < 1.29 is 4.79 Å². The normalized spacial score (nSPS) is 13.5. The van der Waals surface area contributed by atoms with Crippen molar-refractivity contribution in [3.63, 3.8) is 0 Å². The zero-order chi connectivity index (χ0) is 11.4. The van der Waals surface area contributed by atoms with Crippen LogP contribution in [-0.2, 0) is 17.8 Å². The van der Waals surface area contributed by atoms with Gasteiger partial charge in [-0.05, 0) is 36.2 Å². The molecule has 0 saturated carbocycles. The average Bonchev–Trinajstić information content (AvgIpc) is 2.28. The van der Waals surface area contributed by atoms with Gasteiger partial charge in [0.15, 0.2) is 0 Å². The molecule has 0 unspecified atom stereocenters. The highest BCUT2D eigenvalue weighted by atomic mass is 16.1. The number of carbonyl (C=O) groups excluding carboxylic acids is 1. The van der Waals surface area contributed by atoms with Gasteiger partial charge >= 0.3 is 0 Å². The molecule has 3 nitrogen and oxygen atoms in total. The summed E-state index contributed by atoms with van der Waals surface area (Å²) in [6, 6.07) is 6.18. The van der Waals surface area contributed by atoms with Crippen LogP contribution >= 0.6 is 0 Å². The lowest BCUT2D eigenvalue weighted by Gasteiger charge is -2.16. The molecular weight excluding hydrogens is 200 g/mol. The van der Waals surface area contributed by atoms with Gasteiger partial charge in [-0.15, -0.1) is 0 Å². The van der Waals surface area contributed by atoms with Crippen LogP contribution in [0.1, 0.15) is 23.1 Å². The second-order valence-corrected chi connectivity index (χ2v) is 3.86. The van der Waals surface area contributed by atoms with Crippen molar-refractivity contribution in [2.75, 3.05) is 6.54 Å². The molecule has 0 fully saturated rings. The van der Waals surface area contributed by atoms with E-state index in [1.54, 1.807) is 0 Å². The van der Waals surface area contributed by atoms with Gasteiger partial charge in [0.2, 0.25) is 5.91 Å². The first-order valence-electron chi connectivity index (χ1n) is 5.35. The van der Waals surface area contributed by atoms with Gasteiger partial charge in [-0.2, -0.15) is 0 Å². The highest BCUT2D eigenvalue weighted by Crippen LogP contribution is 2.15. The molecule has 1 aliphatic rings. The molecule has 3 N–H and O–H groups in total. The summed E-state index contributed by atoms with van der Waals surface area (Å²) < 4.78 is 0. The molecule has 16 heavy (non-hydrogen) atoms. The third-order valence-electron chi connectivity index (χ3n) is 2.59. The van der Waals surface area contributed by atoms with Gasteiger partial charge < -0.3 is 11.1 Å². The third kappa shape index (κ3) is 2.62. The Morgan fingerprint density at radius 3 is 3.12 bits per heavy atom. The van der Waals surface area contributed by atoms with Crippen molar-refractivity contribution in [3.8, 4) is 11.8 Å². The minimum Gasteiger partial charge on any atom is -0.369 e. The molecular formula is C13H14N2O. The Morgan fingerprint density at radius 2 is 2.31 bits per heavy atom. The molecule has 0 spiro atoms. The maximum atomic E-state index is 10.5. The number of primary amides is 1. The van der Waals surface area contributed by atoms with Gasteiger partial charge in [-0.3, -0.25) is 4.79 Å². The van der Waals surface area contributed by atoms with E-state index in [2.05, 4.69) is 29.3 Å². The van der Waals surface area contributed by atoms with E-state index in [9.17, 15) is 4.79 Å². The lowest BCUT2D eigenvalue weighted by Crippen LogP contribution is -2.23. The van der Waals surface area contributed by atoms with Crippen LogP contribution in [0.25, 0.3) is 0 Å². The summed E-state index contributed by atoms with van der Waals surface area (Å²) >= 11 is 0. The molecule has 0 aromatic heterocycles. The van der Waals surface area contributed by atoms with E-state index < -0.39 is 0 Å². The standard InChI is InChI=1S/C13H14N2O/c14-13(16)3-1-2-10-4-5-12-9-15-7-6-11(12)8-10/h4-5,8,15H,3,6-7,9H2,(H2,14,16). The number of benzene rings is 1. The minimum absolute atomic E-state index is 0.124. The van der Waals surface area contributed by atoms with E-state index in [1.807, 2.05) is 6.07 Å². The molecule has 1 aromatic rings. The Hall–Kier alpha value is -1.79. The first-order chi connectivity index (χ1) is 7.75. The minimum atomic E-state index is -0.380. The summed E-state index contributed by atoms with van der Waals surface area (Å²) in [5, 5.41) is 3.32. The number of carbonyl (C=O) groups is 1. The summed E-state index contributed by atoms with van der Waals surface area (Å²) in [7, 11) is 0. The van der Waals surface area contributed by atoms with E-state index in [1.165, 1.54) is 11.1 Å². The van der Waals surface area contributed by atoms with E-state index in [0.717, 1.165) is 25.1 Å². The number of hydrogen-bond acceptors (Lipinski definition) is 2. The van der Waals surface area contributed by atoms with Crippen LogP contribution in [0.15, 0.2) is 18.2 Å². The number of rotatable bonds is 1. The van der Waals surface area contributed by atoms with E-state index in [0.29, 0.717) is 0 Å². The van der Waals surface area contributed by atoms with Gasteiger partial charge in [0, 0.05) is 12.1 Å². The number of nitrogens with one attached hydrogen (secondary N) is 1. The summed E-state index contributed by atoms with van der Waals surface area (Å²) in [4.78, 5) is 10.5. The van der Waals surface area contributed by atoms with Crippen molar-refractivity contribution in [3.05, 3.63) is 34.9 Å². The smallest absolute Gasteiger partial charge is 0.229 e. The molecule has 0 atom stereocenters. The lowest BCUT2D eigenvalue weighted by atomic mass is 9.98. The number of amides is 1. The van der Waals surface area contributed by atoms with Crippen molar-refractivity contribution in [1.82, 2.24) is 5.32 Å². The molecule has 2 rings (SSSR count). The predicted molar refractivity (Wildman–Crippen MR) is 62.5 cm³/mol. The summed E-state index contributed by atoms with van der Waals surface area (Å²) in [5.41, 5.74) is 8.67. The van der Waals surface area contributed by atoms with Crippen molar-refractivity contribution >= 4 is 5.91 Å². The van der Waals surface area contributed by atoms with Crippen LogP contribution in [0, 0.1) is 11.8 Å². The van der Waals surface area contributed by atoms with Crippen LogP contribution in [0.3, 0.4) is 0 Å². The summed E-state index contributed by atoms with van der Waals surface area (Å²) in [6.45, 7) is 1.95. The first-order valence-corrected chi connectivity index (χ1v) is 5.35. The van der Waals surface area contributed by atoms with Gasteiger partial charge in [-0.25, -0.2) is 0 Å². The highest BCUT2D eigenvalue weighted by Gasteiger charge is 2.07. The Morgan fingerprint density at radius 1 is 1.44 bits per heavy atom. The third-order valence-corrected chi connectivity index (χ3v) is 2.59. The van der Waals surface area contributed by atoms with Gasteiger partial charge in [0.05, 0.1) is 6.42 Å². The highest BCUT2D eigenvalue weighted by molar-refractivity contribution is 5.76. The average molecular weight is 214 g/mol. The van der Waals surface area contributed by atoms with Crippen molar-refractivity contribution in [2.45, 2.75) is 19.4 Å². The Bertz CT molecular complexity index is 469. The van der Waals surface area contributed by atoms with Crippen LogP contribution < -0.4 is 11.1 Å². The lowest BCUT2D eigenvalue weighted by molar-refractivity contribution is -0.117. The molecule has 0 saturated heterocycles. The topological polar surface area (TPSA) is 55.1 Å². The Labute approximate surface area is 95.0 Å². The largest absolute Gasteiger partial charge is 0.369 e. The van der Waals surface area contributed by atoms with Gasteiger partial charge in [-0.1, -0.05) is 17.9 Å². The van der Waals surface area contributed by atoms with Crippen LogP contribution in [-0.4, -0.2) is 12.5 Å². The molecule has 1 aliphatic heterocycles. The summed E-state index contributed by atoms with van der Waals surface area (Å²) in [5.74, 6) is 5.34. The Balaban J connectivity index is 2.16. The fraction of sp³-hybridized carbons (Fsp3) is 0.308. The van der Waals surface area contributed by atoms with E-state index in [4.69, 9.17) is 5.73 Å². The number of hydrogen-bond donors (Lipinski definition) is 2. The second-order valence-electron chi connectivity index (χ2n) is 3.86. The zero-order valence-electron chi connectivity index (χ0n) is 9.05. The maximum Gasteiger partial charge on any atom is 0.229 e. The molecule has 0 radical (unpaired) electrons. The summed E-state index contributed by atoms with van der Waals surface area (Å²) in [6.07, 6.45) is 1.17. The Kier molecular flexibility index (Phi) is 3.23. The molecule has 0 aliphatic carbocycles. The molecule has 1 heterocycles. The van der Waals surface area contributed by atoms with Crippen molar-refractivity contribution in [1.29, 1.82) is 0 Å². The van der Waals surface area contributed by atoms with Gasteiger partial charge in [0.25, 0.3) is 0 Å². The van der Waals surface area contributed by atoms with E-state index >= 15 is 0 Å². The van der Waals surface area contributed by atoms with Crippen LogP contribution in [0.2, 0.25) is 0 Å². The molecule has 0 bridgehead atoms. The van der Waals surface area contributed by atoms with Crippen LogP contribution in [0.4, 0.5) is 0 Å². The molecule has 82 valence electrons. The SMILES string of the molecule is NC(=O)CC#Cc1ccc2c(c1)CCNC2. The fourth-order valence-electron chi connectivity index (χ4n) is 1.79. The number of fused-ring (bicyclic) bond motifs is 1. The molecule has 1 amide bonds.